The van der Waals surface area contributed by atoms with E-state index >= 15 is 0 Å². The van der Waals surface area contributed by atoms with Gasteiger partial charge in [0.05, 0.1) is 12.8 Å². The Hall–Kier alpha value is -2.20. The average molecular weight is 289 g/mol. The molecule has 2 aliphatic rings. The molecule has 0 aromatic heterocycles. The minimum atomic E-state index is -1.85. The van der Waals surface area contributed by atoms with Gasteiger partial charge in [-0.15, -0.1) is 0 Å². The summed E-state index contributed by atoms with van der Waals surface area (Å²) >= 11 is 0. The van der Waals surface area contributed by atoms with Crippen molar-refractivity contribution in [2.24, 2.45) is 0 Å². The van der Waals surface area contributed by atoms with Crippen LogP contribution in [0.4, 0.5) is 4.79 Å². The molecule has 3 atom stereocenters. The highest BCUT2D eigenvalue weighted by Gasteiger charge is 2.98. The third kappa shape index (κ3) is 1.58. The van der Waals surface area contributed by atoms with Gasteiger partial charge in [0.2, 0.25) is 11.2 Å². The van der Waals surface area contributed by atoms with Crippen LogP contribution in [-0.2, 0) is 14.4 Å². The van der Waals surface area contributed by atoms with Crippen molar-refractivity contribution in [2.75, 3.05) is 13.1 Å². The molecule has 0 bridgehead atoms. The Bertz CT molecular complexity index is 533. The summed E-state index contributed by atoms with van der Waals surface area (Å²) in [6.07, 6.45) is -2.58. The van der Waals surface area contributed by atoms with Gasteiger partial charge in [-0.1, -0.05) is 0 Å². The second kappa shape index (κ2) is 3.90. The second-order valence-corrected chi connectivity index (χ2v) is 5.04. The summed E-state index contributed by atoms with van der Waals surface area (Å²) in [4.78, 5) is 44.0. The molecule has 3 unspecified atom stereocenters. The van der Waals surface area contributed by atoms with Crippen molar-refractivity contribution in [1.29, 1.82) is 0 Å². The lowest BCUT2D eigenvalue weighted by molar-refractivity contribution is -0.745. The smallest absolute Gasteiger partial charge is 0.481 e. The maximum Gasteiger partial charge on any atom is 0.515 e. The number of nitrogens with one attached hydrogen (secondary N) is 1. The fraction of sp³-hybridized carbons (Fsp3) is 0.600. The first kappa shape index (κ1) is 14.2. The first-order chi connectivity index (χ1) is 9.13. The van der Waals surface area contributed by atoms with Crippen LogP contribution in [0.2, 0.25) is 0 Å². The fourth-order valence-electron chi connectivity index (χ4n) is 2.93. The molecule has 0 aromatic rings. The first-order valence-electron chi connectivity index (χ1n) is 5.70. The molecule has 10 nitrogen and oxygen atoms in total. The molecule has 2 saturated heterocycles. The Morgan fingerprint density at radius 1 is 1.05 bits per heavy atom. The molecule has 0 aliphatic carbocycles. The van der Waals surface area contributed by atoms with Gasteiger partial charge in [-0.05, 0) is 0 Å². The summed E-state index contributed by atoms with van der Waals surface area (Å²) < 4.78 is -0.779. The summed E-state index contributed by atoms with van der Waals surface area (Å²) in [6.45, 7) is -0.443. The highest BCUT2D eigenvalue weighted by molar-refractivity contribution is 5.92. The zero-order valence-electron chi connectivity index (χ0n) is 10.2. The van der Waals surface area contributed by atoms with Gasteiger partial charge in [-0.2, -0.15) is 9.28 Å². The van der Waals surface area contributed by atoms with Gasteiger partial charge in [0, 0.05) is 0 Å². The van der Waals surface area contributed by atoms with E-state index < -0.39 is 52.5 Å². The van der Waals surface area contributed by atoms with Gasteiger partial charge in [-0.3, -0.25) is 9.59 Å². The van der Waals surface area contributed by atoms with Crippen LogP contribution < -0.4 is 5.32 Å². The molecule has 2 aliphatic heterocycles. The Kier molecular flexibility index (Phi) is 2.77. The summed E-state index contributed by atoms with van der Waals surface area (Å²) in [5, 5.41) is 38.3. The number of hydrogen-bond donors (Lipinski definition) is 5. The normalized spacial score (nSPS) is 37.4. The highest BCUT2D eigenvalue weighted by Crippen LogP contribution is 2.61. The summed E-state index contributed by atoms with van der Waals surface area (Å²) in [5.74, 6) is -4.02. The SMILES string of the molecule is O=C(O)CC[N+]1(C(=O)O)CC12NC2(CC(=O)O)C(=O)O. The van der Waals surface area contributed by atoms with E-state index in [1.54, 1.807) is 0 Å². The molecular formula is C10H13N2O8+. The van der Waals surface area contributed by atoms with Crippen LogP contribution in [0.3, 0.4) is 0 Å². The van der Waals surface area contributed by atoms with Crippen LogP contribution >= 0.6 is 0 Å². The fourth-order valence-corrected chi connectivity index (χ4v) is 2.93. The molecule has 2 heterocycles. The lowest BCUT2D eigenvalue weighted by atomic mass is 10.0. The topological polar surface area (TPSA) is 171 Å². The van der Waals surface area contributed by atoms with Crippen LogP contribution in [0.15, 0.2) is 0 Å². The minimum Gasteiger partial charge on any atom is -0.481 e. The van der Waals surface area contributed by atoms with E-state index in [2.05, 4.69) is 5.32 Å². The summed E-state index contributed by atoms with van der Waals surface area (Å²) in [7, 11) is 0. The van der Waals surface area contributed by atoms with Gasteiger partial charge >= 0.3 is 24.0 Å². The minimum absolute atomic E-state index is 0.144. The Morgan fingerprint density at radius 3 is 2.05 bits per heavy atom. The zero-order chi connectivity index (χ0) is 15.3. The first-order valence-corrected chi connectivity index (χ1v) is 5.70. The van der Waals surface area contributed by atoms with Crippen molar-refractivity contribution in [3.8, 4) is 0 Å². The predicted molar refractivity (Wildman–Crippen MR) is 58.8 cm³/mol. The van der Waals surface area contributed by atoms with Crippen molar-refractivity contribution < 1.29 is 44.1 Å². The van der Waals surface area contributed by atoms with Crippen molar-refractivity contribution >= 4 is 24.0 Å². The van der Waals surface area contributed by atoms with E-state index in [1.165, 1.54) is 0 Å². The summed E-state index contributed by atoms with van der Waals surface area (Å²) in [6, 6.07) is 0. The van der Waals surface area contributed by atoms with Crippen LogP contribution in [0.5, 0.6) is 0 Å². The highest BCUT2D eigenvalue weighted by atomic mass is 16.4. The van der Waals surface area contributed by atoms with Crippen molar-refractivity contribution in [3.05, 3.63) is 0 Å². The van der Waals surface area contributed by atoms with Gasteiger partial charge in [0.15, 0.2) is 6.54 Å². The third-order valence-electron chi connectivity index (χ3n) is 4.04. The van der Waals surface area contributed by atoms with Gasteiger partial charge in [0.1, 0.15) is 6.54 Å². The number of quaternary nitrogens is 1. The van der Waals surface area contributed by atoms with Crippen molar-refractivity contribution in [1.82, 2.24) is 5.32 Å². The lowest BCUT2D eigenvalue weighted by Crippen LogP contribution is -2.43. The molecule has 20 heavy (non-hydrogen) atoms. The molecule has 5 N–H and O–H groups in total. The van der Waals surface area contributed by atoms with Crippen molar-refractivity contribution in [2.45, 2.75) is 24.0 Å². The molecule has 2 fully saturated rings. The zero-order valence-corrected chi connectivity index (χ0v) is 10.2. The van der Waals surface area contributed by atoms with Crippen LogP contribution in [0.25, 0.3) is 0 Å². The largest absolute Gasteiger partial charge is 0.515 e. The Morgan fingerprint density at radius 2 is 1.65 bits per heavy atom. The monoisotopic (exact) mass is 289 g/mol. The maximum atomic E-state index is 11.3. The quantitative estimate of drug-likeness (QED) is 0.290. The van der Waals surface area contributed by atoms with Gasteiger partial charge in [-0.25, -0.2) is 10.1 Å². The van der Waals surface area contributed by atoms with Crippen LogP contribution in [0.1, 0.15) is 12.8 Å². The number of carboxylic acid groups (broad SMARTS) is 4. The molecule has 2 rings (SSSR count). The summed E-state index contributed by atoms with van der Waals surface area (Å²) in [5.41, 5.74) is -3.27. The van der Waals surface area contributed by atoms with E-state index in [0.717, 1.165) is 0 Å². The molecule has 1 amide bonds. The number of nitrogens with zero attached hydrogens (tertiary/aromatic N) is 1. The lowest BCUT2D eigenvalue weighted by Gasteiger charge is -2.13. The van der Waals surface area contributed by atoms with Gasteiger partial charge in [0.25, 0.3) is 0 Å². The standard InChI is InChI=1S/C10H12N2O8/c13-5(14)1-2-12(8(19)20)4-10(12)9(11-10,7(17)18)3-6(15)16/h11H,1-4H2,(H3-,13,14,15,16,17,18,19,20)/p+1. The number of carbonyl (C=O) groups is 4. The third-order valence-corrected chi connectivity index (χ3v) is 4.04. The second-order valence-electron chi connectivity index (χ2n) is 5.04. The van der Waals surface area contributed by atoms with E-state index in [1.807, 2.05) is 0 Å². The number of carboxylic acids is 3. The van der Waals surface area contributed by atoms with Crippen LogP contribution in [-0.4, -0.2) is 73.2 Å². The average Bonchev–Trinajstić information content (AvgIpc) is 3.13. The van der Waals surface area contributed by atoms with Gasteiger partial charge < -0.3 is 20.4 Å². The molecule has 0 saturated carbocycles. The Labute approximate surface area is 111 Å². The molecule has 0 aromatic carbocycles. The molecule has 1 spiro atoms. The molecular weight excluding hydrogens is 276 g/mol. The van der Waals surface area contributed by atoms with E-state index in [-0.39, 0.29) is 13.1 Å². The molecule has 0 radical (unpaired) electrons. The van der Waals surface area contributed by atoms with E-state index in [4.69, 9.17) is 10.2 Å². The molecule has 10 heteroatoms. The number of aliphatic carboxylic acids is 3. The number of rotatable bonds is 6. The van der Waals surface area contributed by atoms with E-state index in [9.17, 15) is 29.4 Å². The predicted octanol–water partition coefficient (Wildman–Crippen LogP) is -1.43. The number of hydrogen-bond acceptors (Lipinski definition) is 5. The Balaban J connectivity index is 2.26. The van der Waals surface area contributed by atoms with Crippen molar-refractivity contribution in [3.63, 3.8) is 0 Å². The van der Waals surface area contributed by atoms with E-state index in [0.29, 0.717) is 0 Å². The maximum absolute atomic E-state index is 11.3. The van der Waals surface area contributed by atoms with Crippen LogP contribution in [0, 0.1) is 0 Å². The number of amides is 1. The molecule has 110 valence electrons.